The molecule has 0 radical (unpaired) electrons. The third-order valence-corrected chi connectivity index (χ3v) is 2.58. The Bertz CT molecular complexity index is 304. The van der Waals surface area contributed by atoms with Crippen LogP contribution in [0.4, 0.5) is 0 Å². The fourth-order valence-electron chi connectivity index (χ4n) is 1.77. The van der Waals surface area contributed by atoms with Crippen LogP contribution < -0.4 is 5.32 Å². The van der Waals surface area contributed by atoms with E-state index in [2.05, 4.69) is 24.1 Å². The first-order valence-corrected chi connectivity index (χ1v) is 4.89. The fourth-order valence-corrected chi connectivity index (χ4v) is 1.77. The average Bonchev–Trinajstić information content (AvgIpc) is 2.60. The van der Waals surface area contributed by atoms with E-state index in [9.17, 15) is 0 Å². The van der Waals surface area contributed by atoms with E-state index in [0.29, 0.717) is 12.0 Å². The van der Waals surface area contributed by atoms with Gasteiger partial charge in [0.1, 0.15) is 5.76 Å². The van der Waals surface area contributed by atoms with Gasteiger partial charge >= 0.3 is 0 Å². The molecule has 0 spiro atoms. The number of aryl methyl sites for hydroxylation is 1. The molecule has 1 atom stereocenters. The number of nitrogens with zero attached hydrogens (tertiary/aromatic N) is 1. The zero-order valence-corrected chi connectivity index (χ0v) is 8.42. The van der Waals surface area contributed by atoms with Crippen molar-refractivity contribution in [3.05, 3.63) is 17.3 Å². The van der Waals surface area contributed by atoms with Crippen LogP contribution in [0.1, 0.15) is 49.6 Å². The van der Waals surface area contributed by atoms with Gasteiger partial charge in [0.25, 0.3) is 0 Å². The third kappa shape index (κ3) is 1.37. The molecule has 72 valence electrons. The topological polar surface area (TPSA) is 38.1 Å². The van der Waals surface area contributed by atoms with Crippen LogP contribution >= 0.6 is 0 Å². The van der Waals surface area contributed by atoms with Crippen LogP contribution in [-0.4, -0.2) is 12.0 Å². The second kappa shape index (κ2) is 3.14. The number of aromatic nitrogens is 1. The van der Waals surface area contributed by atoms with Gasteiger partial charge < -0.3 is 9.73 Å². The summed E-state index contributed by atoms with van der Waals surface area (Å²) in [6.45, 7) is 4.21. The summed E-state index contributed by atoms with van der Waals surface area (Å²) in [7, 11) is 1.98. The van der Waals surface area contributed by atoms with Crippen LogP contribution in [0.25, 0.3) is 0 Å². The minimum Gasteiger partial charge on any atom is -0.445 e. The monoisotopic (exact) mass is 180 g/mol. The lowest BCUT2D eigenvalue weighted by molar-refractivity contribution is 0.433. The number of rotatable bonds is 2. The summed E-state index contributed by atoms with van der Waals surface area (Å²) in [6, 6.07) is 0.409. The molecule has 3 nitrogen and oxygen atoms in total. The molecule has 1 aliphatic carbocycles. The molecule has 0 fully saturated rings. The highest BCUT2D eigenvalue weighted by Crippen LogP contribution is 2.32. The van der Waals surface area contributed by atoms with Gasteiger partial charge in [-0.05, 0) is 13.5 Å². The number of hydrogen-bond donors (Lipinski definition) is 1. The van der Waals surface area contributed by atoms with E-state index >= 15 is 0 Å². The standard InChI is InChI=1S/C10H16N2O/c1-6(2)10-12-9-7(11-3)4-5-8(9)13-10/h6-7,11H,4-5H2,1-3H3. The quantitative estimate of drug-likeness (QED) is 0.756. The molecule has 1 N–H and O–H groups in total. The van der Waals surface area contributed by atoms with Crippen LogP contribution in [0, 0.1) is 0 Å². The molecule has 0 aliphatic heterocycles. The smallest absolute Gasteiger partial charge is 0.197 e. The highest BCUT2D eigenvalue weighted by Gasteiger charge is 2.27. The fraction of sp³-hybridized carbons (Fsp3) is 0.700. The van der Waals surface area contributed by atoms with Gasteiger partial charge in [0, 0.05) is 12.3 Å². The van der Waals surface area contributed by atoms with Gasteiger partial charge in [-0.2, -0.15) is 0 Å². The van der Waals surface area contributed by atoms with Gasteiger partial charge in [-0.3, -0.25) is 0 Å². The van der Waals surface area contributed by atoms with E-state index in [1.807, 2.05) is 7.05 Å². The lowest BCUT2D eigenvalue weighted by Crippen LogP contribution is -2.13. The lowest BCUT2D eigenvalue weighted by Gasteiger charge is -2.05. The van der Waals surface area contributed by atoms with Gasteiger partial charge in [0.05, 0.1) is 11.7 Å². The molecular weight excluding hydrogens is 164 g/mol. The second-order valence-electron chi connectivity index (χ2n) is 3.90. The van der Waals surface area contributed by atoms with E-state index in [-0.39, 0.29) is 0 Å². The molecule has 1 unspecified atom stereocenters. The summed E-state index contributed by atoms with van der Waals surface area (Å²) >= 11 is 0. The maximum Gasteiger partial charge on any atom is 0.197 e. The average molecular weight is 180 g/mol. The van der Waals surface area contributed by atoms with Gasteiger partial charge in [-0.15, -0.1) is 0 Å². The van der Waals surface area contributed by atoms with Crippen molar-refractivity contribution in [3.63, 3.8) is 0 Å². The first kappa shape index (κ1) is 8.75. The molecule has 1 aromatic rings. The highest BCUT2D eigenvalue weighted by molar-refractivity contribution is 5.21. The summed E-state index contributed by atoms with van der Waals surface area (Å²) in [5.74, 6) is 2.36. The summed E-state index contributed by atoms with van der Waals surface area (Å²) in [6.07, 6.45) is 2.15. The SMILES string of the molecule is CNC1CCc2oc(C(C)C)nc21. The molecule has 0 amide bonds. The second-order valence-corrected chi connectivity index (χ2v) is 3.90. The molecule has 1 aromatic heterocycles. The van der Waals surface area contributed by atoms with Crippen LogP contribution in [-0.2, 0) is 6.42 Å². The van der Waals surface area contributed by atoms with E-state index in [1.54, 1.807) is 0 Å². The predicted molar refractivity (Wildman–Crippen MR) is 50.7 cm³/mol. The van der Waals surface area contributed by atoms with Crippen molar-refractivity contribution in [2.24, 2.45) is 0 Å². The van der Waals surface area contributed by atoms with Crippen molar-refractivity contribution in [3.8, 4) is 0 Å². The Morgan fingerprint density at radius 2 is 2.31 bits per heavy atom. The van der Waals surface area contributed by atoms with E-state index in [1.165, 1.54) is 0 Å². The Kier molecular flexibility index (Phi) is 2.12. The van der Waals surface area contributed by atoms with E-state index in [0.717, 1.165) is 30.2 Å². The van der Waals surface area contributed by atoms with Crippen molar-refractivity contribution in [2.75, 3.05) is 7.05 Å². The summed E-state index contributed by atoms with van der Waals surface area (Å²) < 4.78 is 5.67. The molecule has 0 bridgehead atoms. The first-order valence-electron chi connectivity index (χ1n) is 4.89. The maximum absolute atomic E-state index is 5.67. The number of oxazole rings is 1. The van der Waals surface area contributed by atoms with Crippen molar-refractivity contribution in [1.29, 1.82) is 0 Å². The Morgan fingerprint density at radius 1 is 1.54 bits per heavy atom. The molecule has 2 rings (SSSR count). The Labute approximate surface area is 78.5 Å². The number of hydrogen-bond acceptors (Lipinski definition) is 3. The van der Waals surface area contributed by atoms with Gasteiger partial charge in [0.2, 0.25) is 0 Å². The van der Waals surface area contributed by atoms with Crippen molar-refractivity contribution >= 4 is 0 Å². The third-order valence-electron chi connectivity index (χ3n) is 2.58. The minimum absolute atomic E-state index is 0.392. The maximum atomic E-state index is 5.67. The minimum atomic E-state index is 0.392. The van der Waals surface area contributed by atoms with Crippen molar-refractivity contribution < 1.29 is 4.42 Å². The molecule has 3 heteroatoms. The molecule has 0 saturated carbocycles. The number of nitrogens with one attached hydrogen (secondary N) is 1. The van der Waals surface area contributed by atoms with Gasteiger partial charge in [-0.25, -0.2) is 4.98 Å². The Balaban J connectivity index is 2.31. The molecule has 1 aliphatic rings. The Morgan fingerprint density at radius 3 is 2.92 bits per heavy atom. The number of fused-ring (bicyclic) bond motifs is 1. The van der Waals surface area contributed by atoms with Crippen LogP contribution in [0.3, 0.4) is 0 Å². The van der Waals surface area contributed by atoms with Crippen molar-refractivity contribution in [1.82, 2.24) is 10.3 Å². The largest absolute Gasteiger partial charge is 0.445 e. The summed E-state index contributed by atoms with van der Waals surface area (Å²) in [5.41, 5.74) is 1.13. The van der Waals surface area contributed by atoms with Crippen LogP contribution in [0.15, 0.2) is 4.42 Å². The first-order chi connectivity index (χ1) is 6.22. The normalized spacial score (nSPS) is 21.1. The van der Waals surface area contributed by atoms with Gasteiger partial charge in [0.15, 0.2) is 5.89 Å². The van der Waals surface area contributed by atoms with Crippen LogP contribution in [0.2, 0.25) is 0 Å². The van der Waals surface area contributed by atoms with E-state index < -0.39 is 0 Å². The highest BCUT2D eigenvalue weighted by atomic mass is 16.4. The molecule has 13 heavy (non-hydrogen) atoms. The molecule has 0 aromatic carbocycles. The zero-order valence-electron chi connectivity index (χ0n) is 8.42. The summed E-state index contributed by atoms with van der Waals surface area (Å²) in [5, 5.41) is 3.25. The zero-order chi connectivity index (χ0) is 9.42. The van der Waals surface area contributed by atoms with Crippen molar-refractivity contribution in [2.45, 2.75) is 38.6 Å². The molecular formula is C10H16N2O. The molecule has 0 saturated heterocycles. The van der Waals surface area contributed by atoms with E-state index in [4.69, 9.17) is 4.42 Å². The lowest BCUT2D eigenvalue weighted by atomic mass is 10.2. The molecule has 1 heterocycles. The van der Waals surface area contributed by atoms with Gasteiger partial charge in [-0.1, -0.05) is 13.8 Å². The summed E-state index contributed by atoms with van der Waals surface area (Å²) in [4.78, 5) is 4.51. The van der Waals surface area contributed by atoms with Crippen LogP contribution in [0.5, 0.6) is 0 Å². The Hall–Kier alpha value is -0.830. The predicted octanol–water partition coefficient (Wildman–Crippen LogP) is 2.00.